The summed E-state index contributed by atoms with van der Waals surface area (Å²) < 4.78 is 7.26. The van der Waals surface area contributed by atoms with Crippen LogP contribution in [-0.2, 0) is 18.3 Å². The number of ether oxygens (including phenoxy) is 1. The van der Waals surface area contributed by atoms with Crippen molar-refractivity contribution in [3.8, 4) is 0 Å². The highest BCUT2D eigenvalue weighted by Gasteiger charge is 2.17. The number of morpholine rings is 1. The fourth-order valence-electron chi connectivity index (χ4n) is 2.63. The largest absolute Gasteiger partial charge is 0.379 e. The predicted octanol–water partition coefficient (Wildman–Crippen LogP) is 2.73. The number of nitrogens with zero attached hydrogens (tertiary/aromatic N) is 3. The van der Waals surface area contributed by atoms with Gasteiger partial charge >= 0.3 is 0 Å². The average Bonchev–Trinajstić information content (AvgIpc) is 2.85. The van der Waals surface area contributed by atoms with E-state index in [1.807, 2.05) is 17.7 Å². The van der Waals surface area contributed by atoms with E-state index in [1.165, 1.54) is 0 Å². The van der Waals surface area contributed by atoms with E-state index < -0.39 is 0 Å². The lowest BCUT2D eigenvalue weighted by Crippen LogP contribution is -2.49. The van der Waals surface area contributed by atoms with Crippen molar-refractivity contribution in [1.29, 1.82) is 0 Å². The topological polar surface area (TPSA) is 53.8 Å². The second kappa shape index (κ2) is 11.5. The summed E-state index contributed by atoms with van der Waals surface area (Å²) in [5.74, 6) is 0.797. The molecule has 6 nitrogen and oxygen atoms in total. The molecule has 0 aliphatic carbocycles. The van der Waals surface area contributed by atoms with Crippen LogP contribution in [0.2, 0.25) is 10.2 Å². The van der Waals surface area contributed by atoms with Gasteiger partial charge in [0.2, 0.25) is 0 Å². The first-order valence-corrected chi connectivity index (χ1v) is 9.12. The Kier molecular flexibility index (Phi) is 10.5. The summed E-state index contributed by atoms with van der Waals surface area (Å²) in [5.41, 5.74) is 0.975. The number of aromatic nitrogens is 1. The molecular formula is C16H28Cl2IN5O. The molecule has 1 atom stereocenters. The molecule has 1 aromatic heterocycles. The molecule has 1 aromatic rings. The number of nitrogens with one attached hydrogen (secondary N) is 2. The van der Waals surface area contributed by atoms with Gasteiger partial charge < -0.3 is 19.9 Å². The van der Waals surface area contributed by atoms with E-state index in [4.69, 9.17) is 27.9 Å². The fraction of sp³-hybridized carbons (Fsp3) is 0.688. The Hall–Kier alpha value is -0.220. The number of hydrogen-bond acceptors (Lipinski definition) is 3. The summed E-state index contributed by atoms with van der Waals surface area (Å²) in [4.78, 5) is 7.06. The summed E-state index contributed by atoms with van der Waals surface area (Å²) in [5, 5.41) is 7.78. The van der Waals surface area contributed by atoms with Crippen LogP contribution in [0.15, 0.2) is 11.1 Å². The molecule has 9 heteroatoms. The maximum atomic E-state index is 6.10. The molecule has 0 saturated carbocycles. The minimum atomic E-state index is 0. The van der Waals surface area contributed by atoms with E-state index in [-0.39, 0.29) is 24.0 Å². The molecule has 2 rings (SSSR count). The highest BCUT2D eigenvalue weighted by molar-refractivity contribution is 14.0. The van der Waals surface area contributed by atoms with Gasteiger partial charge in [-0.1, -0.05) is 23.2 Å². The van der Waals surface area contributed by atoms with Gasteiger partial charge in [0.15, 0.2) is 5.96 Å². The van der Waals surface area contributed by atoms with Gasteiger partial charge in [0.1, 0.15) is 5.15 Å². The van der Waals surface area contributed by atoms with E-state index >= 15 is 0 Å². The summed E-state index contributed by atoms with van der Waals surface area (Å²) in [6.07, 6.45) is 0. The molecule has 0 radical (unpaired) electrons. The van der Waals surface area contributed by atoms with Crippen LogP contribution in [-0.4, -0.2) is 60.9 Å². The SMILES string of the molecule is CCNC(=NCc1cc(Cl)c(Cl)n1C)NCC(C)N1CCOCC1.I. The van der Waals surface area contributed by atoms with Crippen LogP contribution >= 0.6 is 47.2 Å². The van der Waals surface area contributed by atoms with Crippen molar-refractivity contribution in [2.24, 2.45) is 12.0 Å². The Morgan fingerprint density at radius 2 is 2.00 bits per heavy atom. The monoisotopic (exact) mass is 503 g/mol. The lowest BCUT2D eigenvalue weighted by molar-refractivity contribution is 0.0211. The summed E-state index contributed by atoms with van der Waals surface area (Å²) in [6, 6.07) is 2.28. The number of rotatable bonds is 6. The van der Waals surface area contributed by atoms with Crippen molar-refractivity contribution >= 4 is 53.1 Å². The highest BCUT2D eigenvalue weighted by Crippen LogP contribution is 2.25. The molecule has 144 valence electrons. The van der Waals surface area contributed by atoms with Gasteiger partial charge in [-0.25, -0.2) is 4.99 Å². The molecule has 0 aromatic carbocycles. The zero-order valence-electron chi connectivity index (χ0n) is 15.0. The maximum absolute atomic E-state index is 6.10. The smallest absolute Gasteiger partial charge is 0.191 e. The summed E-state index contributed by atoms with van der Waals surface area (Å²) >= 11 is 12.2. The van der Waals surface area contributed by atoms with Crippen molar-refractivity contribution in [3.63, 3.8) is 0 Å². The van der Waals surface area contributed by atoms with Crippen LogP contribution < -0.4 is 10.6 Å². The van der Waals surface area contributed by atoms with E-state index in [0.29, 0.717) is 22.8 Å². The zero-order chi connectivity index (χ0) is 17.5. The first kappa shape index (κ1) is 22.8. The Balaban J connectivity index is 0.00000312. The number of guanidine groups is 1. The van der Waals surface area contributed by atoms with Crippen molar-refractivity contribution in [1.82, 2.24) is 20.1 Å². The average molecular weight is 504 g/mol. The molecule has 1 unspecified atom stereocenters. The fourth-order valence-corrected chi connectivity index (χ4v) is 3.05. The molecular weight excluding hydrogens is 476 g/mol. The van der Waals surface area contributed by atoms with Crippen LogP contribution in [0, 0.1) is 0 Å². The third kappa shape index (κ3) is 6.78. The van der Waals surface area contributed by atoms with Crippen LogP contribution in [0.25, 0.3) is 0 Å². The Morgan fingerprint density at radius 3 is 2.56 bits per heavy atom. The molecule has 2 heterocycles. The zero-order valence-corrected chi connectivity index (χ0v) is 18.9. The van der Waals surface area contributed by atoms with Gasteiger partial charge in [-0.05, 0) is 19.9 Å². The molecule has 25 heavy (non-hydrogen) atoms. The molecule has 1 fully saturated rings. The number of aliphatic imine (C=N–C) groups is 1. The van der Waals surface area contributed by atoms with Gasteiger partial charge in [0, 0.05) is 45.0 Å². The van der Waals surface area contributed by atoms with E-state index in [9.17, 15) is 0 Å². The second-order valence-corrected chi connectivity index (χ2v) is 6.67. The standard InChI is InChI=1S/C16H27Cl2N5O.HI/c1-4-19-16(20-10-12(2)23-5-7-24-8-6-23)21-11-13-9-14(17)15(18)22(13)3;/h9,12H,4-8,10-11H2,1-3H3,(H2,19,20,21);1H. The lowest BCUT2D eigenvalue weighted by Gasteiger charge is -2.32. The van der Waals surface area contributed by atoms with Crippen LogP contribution in [0.5, 0.6) is 0 Å². The number of halogens is 3. The van der Waals surface area contributed by atoms with Crippen LogP contribution in [0.3, 0.4) is 0 Å². The van der Waals surface area contributed by atoms with Crippen molar-refractivity contribution < 1.29 is 4.74 Å². The van der Waals surface area contributed by atoms with Crippen LogP contribution in [0.1, 0.15) is 19.5 Å². The number of hydrogen-bond donors (Lipinski definition) is 2. The van der Waals surface area contributed by atoms with E-state index in [2.05, 4.69) is 34.4 Å². The molecule has 0 amide bonds. The first-order valence-electron chi connectivity index (χ1n) is 8.36. The van der Waals surface area contributed by atoms with Crippen LogP contribution in [0.4, 0.5) is 0 Å². The third-order valence-electron chi connectivity index (χ3n) is 4.19. The predicted molar refractivity (Wildman–Crippen MR) is 116 cm³/mol. The summed E-state index contributed by atoms with van der Waals surface area (Å²) in [7, 11) is 1.89. The summed E-state index contributed by atoms with van der Waals surface area (Å²) in [6.45, 7) is 10.0. The van der Waals surface area contributed by atoms with Gasteiger partial charge in [0.25, 0.3) is 0 Å². The minimum Gasteiger partial charge on any atom is -0.379 e. The van der Waals surface area contributed by atoms with E-state index in [1.54, 1.807) is 0 Å². The Bertz CT molecular complexity index is 561. The first-order chi connectivity index (χ1) is 11.5. The lowest BCUT2D eigenvalue weighted by atomic mass is 10.2. The Labute approximate surface area is 177 Å². The van der Waals surface area contributed by atoms with Gasteiger partial charge in [-0.2, -0.15) is 0 Å². The minimum absolute atomic E-state index is 0. The van der Waals surface area contributed by atoms with Crippen molar-refractivity contribution in [2.45, 2.75) is 26.4 Å². The van der Waals surface area contributed by atoms with Gasteiger partial charge in [-0.15, -0.1) is 24.0 Å². The normalized spacial score (nSPS) is 17.1. The Morgan fingerprint density at radius 1 is 1.32 bits per heavy atom. The van der Waals surface area contributed by atoms with Crippen molar-refractivity contribution in [2.75, 3.05) is 39.4 Å². The highest BCUT2D eigenvalue weighted by atomic mass is 127. The van der Waals surface area contributed by atoms with Gasteiger partial charge in [0.05, 0.1) is 24.8 Å². The molecule has 1 aliphatic rings. The second-order valence-electron chi connectivity index (χ2n) is 5.91. The van der Waals surface area contributed by atoms with E-state index in [0.717, 1.165) is 51.0 Å². The molecule has 0 spiro atoms. The molecule has 1 aliphatic heterocycles. The maximum Gasteiger partial charge on any atom is 0.191 e. The third-order valence-corrected chi connectivity index (χ3v) is 5.04. The molecule has 0 bridgehead atoms. The molecule has 2 N–H and O–H groups in total. The molecule has 1 saturated heterocycles. The van der Waals surface area contributed by atoms with Gasteiger partial charge in [-0.3, -0.25) is 4.90 Å². The quantitative estimate of drug-likeness (QED) is 0.356. The van der Waals surface area contributed by atoms with Crippen molar-refractivity contribution in [3.05, 3.63) is 21.9 Å².